The van der Waals surface area contributed by atoms with Crippen LogP contribution in [-0.2, 0) is 14.3 Å². The number of ether oxygens (including phenoxy) is 1. The van der Waals surface area contributed by atoms with E-state index in [1.807, 2.05) is 0 Å². The third-order valence-electron chi connectivity index (χ3n) is 5.64. The second-order valence-electron chi connectivity index (χ2n) is 8.63. The zero-order valence-corrected chi connectivity index (χ0v) is 19.9. The number of rotatable bonds is 22. The van der Waals surface area contributed by atoms with Crippen LogP contribution in [0.15, 0.2) is 12.7 Å². The predicted molar refractivity (Wildman–Crippen MR) is 125 cm³/mol. The van der Waals surface area contributed by atoms with Crippen LogP contribution >= 0.6 is 0 Å². The molecule has 0 bridgehead atoms. The molecule has 4 N–H and O–H groups in total. The predicted octanol–water partition coefficient (Wildman–Crippen LogP) is 3.60. The molecule has 4 atom stereocenters. The summed E-state index contributed by atoms with van der Waals surface area (Å²) < 4.78 is 4.93. The highest BCUT2D eigenvalue weighted by Gasteiger charge is 2.34. The highest BCUT2D eigenvalue weighted by atomic mass is 16.5. The molecule has 188 valence electrons. The monoisotopic (exact) mass is 458 g/mol. The second kappa shape index (κ2) is 20.3. The van der Waals surface area contributed by atoms with Crippen molar-refractivity contribution in [2.45, 2.75) is 128 Å². The summed E-state index contributed by atoms with van der Waals surface area (Å²) in [6.45, 7) is 5.07. The van der Waals surface area contributed by atoms with Gasteiger partial charge in [0.05, 0.1) is 0 Å². The van der Waals surface area contributed by atoms with Crippen LogP contribution in [0.4, 0.5) is 0 Å². The van der Waals surface area contributed by atoms with E-state index >= 15 is 0 Å². The molecule has 0 aromatic carbocycles. The minimum atomic E-state index is -1.88. The van der Waals surface area contributed by atoms with Gasteiger partial charge in [0.25, 0.3) is 0 Å². The number of hydrogen-bond donors (Lipinski definition) is 4. The molecule has 0 aliphatic heterocycles. The number of allylic oxidation sites excluding steroid dienone is 1. The number of aliphatic hydroxyl groups is 4. The summed E-state index contributed by atoms with van der Waals surface area (Å²) in [7, 11) is 0. The zero-order chi connectivity index (χ0) is 24.2. The van der Waals surface area contributed by atoms with E-state index in [0.29, 0.717) is 6.42 Å². The largest absolute Gasteiger partial charge is 0.463 e. The molecule has 7 nitrogen and oxygen atoms in total. The molecule has 0 saturated heterocycles. The fourth-order valence-corrected chi connectivity index (χ4v) is 3.50. The van der Waals surface area contributed by atoms with E-state index in [1.165, 1.54) is 70.3 Å². The van der Waals surface area contributed by atoms with Crippen molar-refractivity contribution in [1.29, 1.82) is 0 Å². The Hall–Kier alpha value is -1.28. The van der Waals surface area contributed by atoms with E-state index < -0.39 is 42.8 Å². The van der Waals surface area contributed by atoms with Crippen LogP contribution < -0.4 is 0 Å². The molecule has 0 aromatic rings. The molecule has 0 aliphatic rings. The molecule has 7 heteroatoms. The number of unbranched alkanes of at least 4 members (excludes halogenated alkanes) is 12. The lowest BCUT2D eigenvalue weighted by Crippen LogP contribution is -2.49. The highest BCUT2D eigenvalue weighted by Crippen LogP contribution is 2.13. The summed E-state index contributed by atoms with van der Waals surface area (Å²) in [5, 5.41) is 39.2. The number of ketones is 1. The lowest BCUT2D eigenvalue weighted by atomic mass is 9.99. The maximum absolute atomic E-state index is 11.8. The third kappa shape index (κ3) is 15.5. The number of carbonyl (C=O) groups excluding carboxylic acids is 2. The van der Waals surface area contributed by atoms with Gasteiger partial charge >= 0.3 is 5.97 Å². The van der Waals surface area contributed by atoms with Crippen LogP contribution in [0.3, 0.4) is 0 Å². The van der Waals surface area contributed by atoms with Crippen LogP contribution in [0, 0.1) is 0 Å². The molecule has 0 fully saturated rings. The van der Waals surface area contributed by atoms with E-state index in [1.54, 1.807) is 0 Å². The summed E-state index contributed by atoms with van der Waals surface area (Å²) in [5.74, 6) is -1.21. The first-order valence-electron chi connectivity index (χ1n) is 12.4. The van der Waals surface area contributed by atoms with Gasteiger partial charge in [0, 0.05) is 12.8 Å². The van der Waals surface area contributed by atoms with Crippen molar-refractivity contribution in [2.24, 2.45) is 0 Å². The summed E-state index contributed by atoms with van der Waals surface area (Å²) in [6.07, 6.45) is 9.90. The SMILES string of the molecule is C=CCC(=O)[C@H](O)[C@@H](O)[C@H](O)[C@H](O)COC(=O)CCCCCCCCCCCCCCC. The molecule has 32 heavy (non-hydrogen) atoms. The fraction of sp³-hybridized carbons (Fsp3) is 0.840. The standard InChI is InChI=1S/C25H46O7/c1-3-5-6-7-8-9-10-11-12-13-14-15-16-18-22(28)32-19-21(27)24(30)25(31)23(29)20(26)17-4-2/h4,21,23-25,27,29-31H,2-3,5-19H2,1H3/t21-,23+,24-,25-/m1/s1. The summed E-state index contributed by atoms with van der Waals surface area (Å²) in [6, 6.07) is 0. The summed E-state index contributed by atoms with van der Waals surface area (Å²) in [5.41, 5.74) is 0. The average Bonchev–Trinajstić information content (AvgIpc) is 2.79. The first kappa shape index (κ1) is 30.7. The van der Waals surface area contributed by atoms with Crippen LogP contribution in [0.1, 0.15) is 103 Å². The Morgan fingerprint density at radius 1 is 0.781 bits per heavy atom. The van der Waals surface area contributed by atoms with Crippen LogP contribution in [-0.4, -0.2) is 63.2 Å². The molecular formula is C25H46O7. The van der Waals surface area contributed by atoms with E-state index in [0.717, 1.165) is 12.8 Å². The molecule has 0 radical (unpaired) electrons. The quantitative estimate of drug-likeness (QED) is 0.111. The van der Waals surface area contributed by atoms with Gasteiger partial charge < -0.3 is 25.2 Å². The maximum Gasteiger partial charge on any atom is 0.305 e. The van der Waals surface area contributed by atoms with Gasteiger partial charge in [-0.3, -0.25) is 9.59 Å². The molecular weight excluding hydrogens is 412 g/mol. The van der Waals surface area contributed by atoms with Gasteiger partial charge in [-0.15, -0.1) is 6.58 Å². The van der Waals surface area contributed by atoms with Crippen molar-refractivity contribution in [3.63, 3.8) is 0 Å². The molecule has 0 spiro atoms. The fourth-order valence-electron chi connectivity index (χ4n) is 3.50. The van der Waals surface area contributed by atoms with Crippen molar-refractivity contribution in [3.05, 3.63) is 12.7 Å². The molecule has 0 heterocycles. The van der Waals surface area contributed by atoms with Crippen LogP contribution in [0.2, 0.25) is 0 Å². The molecule has 0 saturated carbocycles. The second-order valence-corrected chi connectivity index (χ2v) is 8.63. The van der Waals surface area contributed by atoms with Crippen LogP contribution in [0.5, 0.6) is 0 Å². The van der Waals surface area contributed by atoms with Crippen molar-refractivity contribution >= 4 is 11.8 Å². The Balaban J connectivity index is 3.72. The molecule has 0 unspecified atom stereocenters. The van der Waals surface area contributed by atoms with Gasteiger partial charge in [-0.1, -0.05) is 90.0 Å². The van der Waals surface area contributed by atoms with Gasteiger partial charge in [-0.05, 0) is 6.42 Å². The maximum atomic E-state index is 11.8. The molecule has 0 amide bonds. The van der Waals surface area contributed by atoms with Gasteiger partial charge in [0.1, 0.15) is 31.0 Å². The lowest BCUT2D eigenvalue weighted by molar-refractivity contribution is -0.158. The van der Waals surface area contributed by atoms with Crippen molar-refractivity contribution in [1.82, 2.24) is 0 Å². The Morgan fingerprint density at radius 2 is 1.25 bits per heavy atom. The van der Waals surface area contributed by atoms with Gasteiger partial charge in [-0.2, -0.15) is 0 Å². The first-order valence-corrected chi connectivity index (χ1v) is 12.4. The number of aliphatic hydroxyl groups excluding tert-OH is 4. The Labute approximate surface area is 193 Å². The summed E-state index contributed by atoms with van der Waals surface area (Å²) >= 11 is 0. The Bertz CT molecular complexity index is 495. The van der Waals surface area contributed by atoms with Gasteiger partial charge in [-0.25, -0.2) is 0 Å². The van der Waals surface area contributed by atoms with Crippen molar-refractivity contribution < 1.29 is 34.8 Å². The first-order chi connectivity index (χ1) is 15.3. The number of Topliss-reactive ketones (excluding diaryl/α,β-unsaturated/α-hetero) is 1. The number of carbonyl (C=O) groups is 2. The van der Waals surface area contributed by atoms with Crippen molar-refractivity contribution in [2.75, 3.05) is 6.61 Å². The Morgan fingerprint density at radius 3 is 1.72 bits per heavy atom. The minimum Gasteiger partial charge on any atom is -0.463 e. The topological polar surface area (TPSA) is 124 Å². The average molecular weight is 459 g/mol. The van der Waals surface area contributed by atoms with E-state index in [-0.39, 0.29) is 12.8 Å². The van der Waals surface area contributed by atoms with Crippen molar-refractivity contribution in [3.8, 4) is 0 Å². The third-order valence-corrected chi connectivity index (χ3v) is 5.64. The normalized spacial score (nSPS) is 15.0. The minimum absolute atomic E-state index is 0.171. The van der Waals surface area contributed by atoms with Gasteiger partial charge in [0.15, 0.2) is 5.78 Å². The number of hydrogen-bond acceptors (Lipinski definition) is 7. The highest BCUT2D eigenvalue weighted by molar-refractivity contribution is 5.84. The summed E-state index contributed by atoms with van der Waals surface area (Å²) in [4.78, 5) is 23.3. The van der Waals surface area contributed by atoms with E-state index in [4.69, 9.17) is 4.74 Å². The molecule has 0 aromatic heterocycles. The smallest absolute Gasteiger partial charge is 0.305 e. The van der Waals surface area contributed by atoms with Crippen LogP contribution in [0.25, 0.3) is 0 Å². The van der Waals surface area contributed by atoms with E-state index in [2.05, 4.69) is 13.5 Å². The molecule has 0 aliphatic carbocycles. The van der Waals surface area contributed by atoms with Gasteiger partial charge in [0.2, 0.25) is 0 Å². The lowest BCUT2D eigenvalue weighted by Gasteiger charge is -2.25. The molecule has 0 rings (SSSR count). The number of esters is 1. The van der Waals surface area contributed by atoms with E-state index in [9.17, 15) is 30.0 Å². The zero-order valence-electron chi connectivity index (χ0n) is 19.9. The Kier molecular flexibility index (Phi) is 19.5.